The lowest BCUT2D eigenvalue weighted by Crippen LogP contribution is -2.51. The van der Waals surface area contributed by atoms with Crippen molar-refractivity contribution in [1.29, 1.82) is 0 Å². The van der Waals surface area contributed by atoms with E-state index in [9.17, 15) is 4.39 Å². The maximum Gasteiger partial charge on any atom is 0.191 e. The van der Waals surface area contributed by atoms with E-state index in [2.05, 4.69) is 15.6 Å². The fourth-order valence-electron chi connectivity index (χ4n) is 2.92. The molecule has 7 heteroatoms. The van der Waals surface area contributed by atoms with E-state index in [1.165, 1.54) is 6.07 Å². The first-order chi connectivity index (χ1) is 11.6. The van der Waals surface area contributed by atoms with Gasteiger partial charge in [-0.1, -0.05) is 6.07 Å². The quantitative estimate of drug-likeness (QED) is 0.386. The van der Waals surface area contributed by atoms with Gasteiger partial charge < -0.3 is 20.1 Å². The molecule has 1 aromatic rings. The summed E-state index contributed by atoms with van der Waals surface area (Å²) in [6.45, 7) is 4.81. The molecule has 0 saturated carbocycles. The van der Waals surface area contributed by atoms with E-state index in [0.717, 1.165) is 56.1 Å². The van der Waals surface area contributed by atoms with Gasteiger partial charge in [-0.05, 0) is 36.6 Å². The Kier molecular flexibility index (Phi) is 9.66. The molecule has 0 radical (unpaired) electrons. The van der Waals surface area contributed by atoms with E-state index >= 15 is 0 Å². The maximum atomic E-state index is 13.1. The minimum Gasteiger partial charge on any atom is -0.381 e. The topological polar surface area (TPSA) is 54.9 Å². The van der Waals surface area contributed by atoms with Gasteiger partial charge in [-0.15, -0.1) is 24.0 Å². The molecule has 0 aromatic heterocycles. The number of aryl methyl sites for hydroxylation is 1. The van der Waals surface area contributed by atoms with Gasteiger partial charge in [0, 0.05) is 53.3 Å². The Morgan fingerprint density at radius 2 is 2.04 bits per heavy atom. The number of aliphatic imine (C=N–C) groups is 1. The molecule has 0 aliphatic carbocycles. The molecule has 0 unspecified atom stereocenters. The van der Waals surface area contributed by atoms with Crippen LogP contribution in [0.5, 0.6) is 0 Å². The van der Waals surface area contributed by atoms with E-state index in [1.54, 1.807) is 20.2 Å². The Bertz CT molecular complexity index is 563. The Labute approximate surface area is 166 Å². The van der Waals surface area contributed by atoms with Crippen molar-refractivity contribution in [2.75, 3.05) is 40.5 Å². The van der Waals surface area contributed by atoms with E-state index in [-0.39, 0.29) is 35.4 Å². The van der Waals surface area contributed by atoms with Crippen LogP contribution in [0.2, 0.25) is 0 Å². The predicted molar refractivity (Wildman–Crippen MR) is 109 cm³/mol. The van der Waals surface area contributed by atoms with Crippen LogP contribution >= 0.6 is 24.0 Å². The summed E-state index contributed by atoms with van der Waals surface area (Å²) in [5, 5.41) is 6.64. The number of methoxy groups -OCH3 is 1. The standard InChI is InChI=1S/C18H28FN3O2.HI/c1-14-12-16(19)5-4-15(14)6-9-21-17(20-2)22-13-18(23-3)7-10-24-11-8-18;/h4-5,12H,6-11,13H2,1-3H3,(H2,20,21,22);1H. The molecule has 1 aliphatic heterocycles. The zero-order chi connectivity index (χ0) is 17.4. The third kappa shape index (κ3) is 6.71. The number of hydrogen-bond donors (Lipinski definition) is 2. The molecule has 0 amide bonds. The van der Waals surface area contributed by atoms with Crippen molar-refractivity contribution >= 4 is 29.9 Å². The fraction of sp³-hybridized carbons (Fsp3) is 0.611. The van der Waals surface area contributed by atoms with Crippen molar-refractivity contribution in [3.8, 4) is 0 Å². The molecular formula is C18H29FIN3O2. The van der Waals surface area contributed by atoms with Gasteiger partial charge in [0.15, 0.2) is 5.96 Å². The van der Waals surface area contributed by atoms with Crippen LogP contribution in [0.1, 0.15) is 24.0 Å². The molecule has 0 spiro atoms. The number of guanidine groups is 1. The van der Waals surface area contributed by atoms with Crippen molar-refractivity contribution in [1.82, 2.24) is 10.6 Å². The molecule has 1 aliphatic rings. The van der Waals surface area contributed by atoms with Crippen LogP contribution < -0.4 is 10.6 Å². The lowest BCUT2D eigenvalue weighted by Gasteiger charge is -2.36. The summed E-state index contributed by atoms with van der Waals surface area (Å²) in [5.41, 5.74) is 1.92. The highest BCUT2D eigenvalue weighted by atomic mass is 127. The Hall–Kier alpha value is -0.930. The molecule has 0 atom stereocenters. The Balaban J connectivity index is 0.00000312. The highest BCUT2D eigenvalue weighted by molar-refractivity contribution is 14.0. The van der Waals surface area contributed by atoms with Gasteiger partial charge in [0.2, 0.25) is 0 Å². The number of hydrogen-bond acceptors (Lipinski definition) is 3. The Morgan fingerprint density at radius 1 is 1.32 bits per heavy atom. The molecule has 0 bridgehead atoms. The van der Waals surface area contributed by atoms with E-state index < -0.39 is 0 Å². The second kappa shape index (κ2) is 10.9. The number of nitrogens with one attached hydrogen (secondary N) is 2. The van der Waals surface area contributed by atoms with Crippen molar-refractivity contribution in [2.45, 2.75) is 31.8 Å². The SMILES string of the molecule is CN=C(NCCc1ccc(F)cc1C)NCC1(OC)CCOCC1.I. The van der Waals surface area contributed by atoms with Crippen molar-refractivity contribution in [3.05, 3.63) is 35.1 Å². The highest BCUT2D eigenvalue weighted by Gasteiger charge is 2.32. The average Bonchev–Trinajstić information content (AvgIpc) is 2.60. The van der Waals surface area contributed by atoms with Crippen LogP contribution in [0.3, 0.4) is 0 Å². The third-order valence-corrected chi connectivity index (χ3v) is 4.63. The van der Waals surface area contributed by atoms with Gasteiger partial charge in [-0.2, -0.15) is 0 Å². The first-order valence-corrected chi connectivity index (χ1v) is 8.41. The summed E-state index contributed by atoms with van der Waals surface area (Å²) >= 11 is 0. The first kappa shape index (κ1) is 22.1. The van der Waals surface area contributed by atoms with Crippen LogP contribution in [-0.2, 0) is 15.9 Å². The summed E-state index contributed by atoms with van der Waals surface area (Å²) in [6, 6.07) is 4.91. The molecule has 1 aromatic carbocycles. The van der Waals surface area contributed by atoms with E-state index in [0.29, 0.717) is 6.54 Å². The molecule has 2 rings (SSSR count). The van der Waals surface area contributed by atoms with Crippen molar-refractivity contribution in [3.63, 3.8) is 0 Å². The number of benzene rings is 1. The Morgan fingerprint density at radius 3 is 2.64 bits per heavy atom. The molecule has 1 saturated heterocycles. The lowest BCUT2D eigenvalue weighted by molar-refractivity contribution is -0.0855. The molecule has 1 heterocycles. The van der Waals surface area contributed by atoms with Gasteiger partial charge >= 0.3 is 0 Å². The summed E-state index contributed by atoms with van der Waals surface area (Å²) in [5.74, 6) is 0.556. The monoisotopic (exact) mass is 465 g/mol. The lowest BCUT2D eigenvalue weighted by atomic mass is 9.94. The summed E-state index contributed by atoms with van der Waals surface area (Å²) in [7, 11) is 3.50. The molecule has 142 valence electrons. The van der Waals surface area contributed by atoms with Crippen molar-refractivity contribution in [2.24, 2.45) is 4.99 Å². The highest BCUT2D eigenvalue weighted by Crippen LogP contribution is 2.23. The molecule has 2 N–H and O–H groups in total. The molecule has 25 heavy (non-hydrogen) atoms. The van der Waals surface area contributed by atoms with Gasteiger partial charge in [-0.3, -0.25) is 4.99 Å². The minimum atomic E-state index is -0.192. The number of rotatable bonds is 6. The number of halogens is 2. The second-order valence-electron chi connectivity index (χ2n) is 6.17. The van der Waals surface area contributed by atoms with Gasteiger partial charge in [-0.25, -0.2) is 4.39 Å². The number of nitrogens with zero attached hydrogens (tertiary/aromatic N) is 1. The van der Waals surface area contributed by atoms with Crippen LogP contribution in [0.25, 0.3) is 0 Å². The maximum absolute atomic E-state index is 13.1. The predicted octanol–water partition coefficient (Wildman–Crippen LogP) is 2.66. The summed E-state index contributed by atoms with van der Waals surface area (Å²) in [4.78, 5) is 4.25. The van der Waals surface area contributed by atoms with Crippen LogP contribution in [0.15, 0.2) is 23.2 Å². The zero-order valence-electron chi connectivity index (χ0n) is 15.2. The smallest absolute Gasteiger partial charge is 0.191 e. The normalized spacial score (nSPS) is 16.9. The fourth-order valence-corrected chi connectivity index (χ4v) is 2.92. The molecule has 1 fully saturated rings. The average molecular weight is 465 g/mol. The van der Waals surface area contributed by atoms with Crippen molar-refractivity contribution < 1.29 is 13.9 Å². The molecular weight excluding hydrogens is 436 g/mol. The molecule has 5 nitrogen and oxygen atoms in total. The zero-order valence-corrected chi connectivity index (χ0v) is 17.6. The van der Waals surface area contributed by atoms with Gasteiger partial charge in [0.1, 0.15) is 5.82 Å². The van der Waals surface area contributed by atoms with Crippen LogP contribution in [0, 0.1) is 12.7 Å². The first-order valence-electron chi connectivity index (χ1n) is 8.41. The summed E-state index contributed by atoms with van der Waals surface area (Å²) < 4.78 is 24.3. The van der Waals surface area contributed by atoms with Gasteiger partial charge in [0.25, 0.3) is 0 Å². The summed E-state index contributed by atoms with van der Waals surface area (Å²) in [6.07, 6.45) is 2.57. The third-order valence-electron chi connectivity index (χ3n) is 4.63. The van der Waals surface area contributed by atoms with Crippen LogP contribution in [0.4, 0.5) is 4.39 Å². The largest absolute Gasteiger partial charge is 0.381 e. The van der Waals surface area contributed by atoms with E-state index in [1.807, 2.05) is 13.0 Å². The second-order valence-corrected chi connectivity index (χ2v) is 6.17. The number of ether oxygens (including phenoxy) is 2. The van der Waals surface area contributed by atoms with E-state index in [4.69, 9.17) is 9.47 Å². The van der Waals surface area contributed by atoms with Crippen LogP contribution in [-0.4, -0.2) is 52.0 Å². The minimum absolute atomic E-state index is 0. The van der Waals surface area contributed by atoms with Gasteiger partial charge in [0.05, 0.1) is 5.60 Å².